The first-order chi connectivity index (χ1) is 11.7. The normalized spacial score (nSPS) is 11.2. The Morgan fingerprint density at radius 1 is 1.25 bits per heavy atom. The van der Waals surface area contributed by atoms with Gasteiger partial charge in [-0.2, -0.15) is 0 Å². The smallest absolute Gasteiger partial charge is 0.261 e. The van der Waals surface area contributed by atoms with Crippen molar-refractivity contribution in [3.8, 4) is 10.6 Å². The van der Waals surface area contributed by atoms with E-state index in [1.165, 1.54) is 11.8 Å². The number of fused-ring (bicyclic) bond motifs is 1. The summed E-state index contributed by atoms with van der Waals surface area (Å²) in [6.45, 7) is 0. The average molecular weight is 355 g/mol. The molecular formula is C17H13N3O2S2. The molecule has 0 saturated heterocycles. The van der Waals surface area contributed by atoms with Crippen LogP contribution in [0.1, 0.15) is 5.69 Å². The van der Waals surface area contributed by atoms with Gasteiger partial charge in [0.05, 0.1) is 22.9 Å². The molecule has 0 spiro atoms. The lowest BCUT2D eigenvalue weighted by atomic mass is 10.2. The van der Waals surface area contributed by atoms with Crippen molar-refractivity contribution in [3.05, 3.63) is 64.3 Å². The fourth-order valence-electron chi connectivity index (χ4n) is 2.36. The maximum Gasteiger partial charge on any atom is 0.261 e. The van der Waals surface area contributed by atoms with Gasteiger partial charge in [0.25, 0.3) is 5.56 Å². The van der Waals surface area contributed by atoms with E-state index in [1.807, 2.05) is 29.6 Å². The first-order valence-corrected chi connectivity index (χ1v) is 9.14. The van der Waals surface area contributed by atoms with Crippen molar-refractivity contribution in [3.63, 3.8) is 0 Å². The van der Waals surface area contributed by atoms with E-state index in [4.69, 9.17) is 4.42 Å². The van der Waals surface area contributed by atoms with Gasteiger partial charge in [0.2, 0.25) is 0 Å². The zero-order valence-electron chi connectivity index (χ0n) is 12.8. The zero-order chi connectivity index (χ0) is 16.5. The quantitative estimate of drug-likeness (QED) is 0.410. The van der Waals surface area contributed by atoms with Crippen molar-refractivity contribution in [2.24, 2.45) is 7.05 Å². The van der Waals surface area contributed by atoms with E-state index in [-0.39, 0.29) is 5.56 Å². The highest BCUT2D eigenvalue weighted by Gasteiger charge is 2.10. The van der Waals surface area contributed by atoms with Crippen molar-refractivity contribution < 1.29 is 4.42 Å². The molecule has 0 aliphatic heterocycles. The summed E-state index contributed by atoms with van der Waals surface area (Å²) in [7, 11) is 1.75. The molecule has 4 aromatic rings. The number of benzene rings is 1. The van der Waals surface area contributed by atoms with Crippen molar-refractivity contribution >= 4 is 34.0 Å². The Bertz CT molecular complexity index is 1050. The van der Waals surface area contributed by atoms with Gasteiger partial charge in [0, 0.05) is 23.7 Å². The average Bonchev–Trinajstić information content (AvgIpc) is 3.28. The minimum absolute atomic E-state index is 0.0273. The second kappa shape index (κ2) is 6.26. The molecule has 5 nitrogen and oxygen atoms in total. The Balaban J connectivity index is 1.59. The Labute approximate surface area is 146 Å². The van der Waals surface area contributed by atoms with E-state index in [0.717, 1.165) is 21.8 Å². The Hall–Kier alpha value is -2.38. The number of para-hydroxylation sites is 1. The van der Waals surface area contributed by atoms with Crippen molar-refractivity contribution in [1.82, 2.24) is 14.5 Å². The molecule has 0 fully saturated rings. The number of hydrogen-bond donors (Lipinski definition) is 0. The van der Waals surface area contributed by atoms with Crippen LogP contribution in [0.25, 0.3) is 21.5 Å². The molecular weight excluding hydrogens is 342 g/mol. The van der Waals surface area contributed by atoms with Gasteiger partial charge >= 0.3 is 0 Å². The number of aromatic nitrogens is 3. The topological polar surface area (TPSA) is 60.9 Å². The molecule has 4 rings (SSSR count). The van der Waals surface area contributed by atoms with Crippen LogP contribution in [0.2, 0.25) is 0 Å². The molecule has 0 saturated carbocycles. The summed E-state index contributed by atoms with van der Waals surface area (Å²) in [5.74, 6) is 0.660. The third-order valence-corrected chi connectivity index (χ3v) is 5.61. The van der Waals surface area contributed by atoms with Gasteiger partial charge in [0.15, 0.2) is 5.16 Å². The monoisotopic (exact) mass is 355 g/mol. The summed E-state index contributed by atoms with van der Waals surface area (Å²) in [6.07, 6.45) is 3.32. The van der Waals surface area contributed by atoms with Gasteiger partial charge in [0.1, 0.15) is 11.3 Å². The summed E-state index contributed by atoms with van der Waals surface area (Å²) in [5.41, 5.74) is 2.64. The van der Waals surface area contributed by atoms with E-state index in [0.29, 0.717) is 16.3 Å². The van der Waals surface area contributed by atoms with Gasteiger partial charge in [-0.05, 0) is 18.2 Å². The number of furan rings is 1. The second-order valence-electron chi connectivity index (χ2n) is 5.22. The molecule has 0 bridgehead atoms. The molecule has 0 N–H and O–H groups in total. The highest BCUT2D eigenvalue weighted by Crippen LogP contribution is 2.27. The number of nitrogens with zero attached hydrogens (tertiary/aromatic N) is 3. The second-order valence-corrected chi connectivity index (χ2v) is 7.02. The largest absolute Gasteiger partial charge is 0.472 e. The van der Waals surface area contributed by atoms with Crippen LogP contribution in [-0.4, -0.2) is 14.5 Å². The molecule has 0 aliphatic rings. The van der Waals surface area contributed by atoms with Crippen LogP contribution in [-0.2, 0) is 12.8 Å². The molecule has 0 amide bonds. The molecule has 1 aromatic carbocycles. The number of thiazole rings is 1. The van der Waals surface area contributed by atoms with Gasteiger partial charge in [-0.3, -0.25) is 9.36 Å². The van der Waals surface area contributed by atoms with Crippen molar-refractivity contribution in [2.45, 2.75) is 10.9 Å². The number of hydrogen-bond acceptors (Lipinski definition) is 6. The van der Waals surface area contributed by atoms with Crippen LogP contribution >= 0.6 is 23.1 Å². The zero-order valence-corrected chi connectivity index (χ0v) is 14.4. The summed E-state index contributed by atoms with van der Waals surface area (Å²) < 4.78 is 6.68. The SMILES string of the molecule is Cn1c(SCc2csc(-c3ccoc3)n2)nc2ccccc2c1=O. The predicted molar refractivity (Wildman–Crippen MR) is 96.4 cm³/mol. The molecule has 24 heavy (non-hydrogen) atoms. The first kappa shape index (κ1) is 15.2. The van der Waals surface area contributed by atoms with E-state index in [1.54, 1.807) is 41.5 Å². The Morgan fingerprint density at radius 2 is 2.12 bits per heavy atom. The van der Waals surface area contributed by atoms with E-state index < -0.39 is 0 Å². The van der Waals surface area contributed by atoms with Crippen LogP contribution in [0, 0.1) is 0 Å². The summed E-state index contributed by atoms with van der Waals surface area (Å²) in [4.78, 5) is 21.6. The van der Waals surface area contributed by atoms with E-state index in [2.05, 4.69) is 9.97 Å². The molecule has 3 heterocycles. The van der Waals surface area contributed by atoms with Gasteiger partial charge in [-0.25, -0.2) is 9.97 Å². The number of thioether (sulfide) groups is 1. The maximum atomic E-state index is 12.4. The third kappa shape index (κ3) is 2.76. The summed E-state index contributed by atoms with van der Waals surface area (Å²) in [6, 6.07) is 9.30. The maximum absolute atomic E-state index is 12.4. The third-order valence-electron chi connectivity index (χ3n) is 3.61. The molecule has 7 heteroatoms. The van der Waals surface area contributed by atoms with Crippen LogP contribution in [0.3, 0.4) is 0 Å². The van der Waals surface area contributed by atoms with Crippen molar-refractivity contribution in [1.29, 1.82) is 0 Å². The van der Waals surface area contributed by atoms with Gasteiger partial charge < -0.3 is 4.42 Å². The molecule has 0 radical (unpaired) electrons. The standard InChI is InChI=1S/C17H13N3O2S2/c1-20-16(21)13-4-2-3-5-14(13)19-17(20)24-10-12-9-23-15(18-12)11-6-7-22-8-11/h2-9H,10H2,1H3. The van der Waals surface area contributed by atoms with Crippen molar-refractivity contribution in [2.75, 3.05) is 0 Å². The van der Waals surface area contributed by atoms with Crippen LogP contribution in [0.4, 0.5) is 0 Å². The fraction of sp³-hybridized carbons (Fsp3) is 0.118. The minimum Gasteiger partial charge on any atom is -0.472 e. The highest BCUT2D eigenvalue weighted by molar-refractivity contribution is 7.98. The predicted octanol–water partition coefficient (Wildman–Crippen LogP) is 3.94. The Morgan fingerprint density at radius 3 is 2.96 bits per heavy atom. The van der Waals surface area contributed by atoms with Crippen LogP contribution in [0.5, 0.6) is 0 Å². The first-order valence-electron chi connectivity index (χ1n) is 7.28. The van der Waals surface area contributed by atoms with E-state index in [9.17, 15) is 4.79 Å². The molecule has 3 aromatic heterocycles. The molecule has 0 atom stereocenters. The summed E-state index contributed by atoms with van der Waals surface area (Å²) in [5, 5.41) is 4.28. The van der Waals surface area contributed by atoms with Gasteiger partial charge in [-0.15, -0.1) is 11.3 Å². The van der Waals surface area contributed by atoms with Crippen LogP contribution < -0.4 is 5.56 Å². The minimum atomic E-state index is -0.0273. The Kier molecular flexibility index (Phi) is 3.95. The highest BCUT2D eigenvalue weighted by atomic mass is 32.2. The molecule has 0 unspecified atom stereocenters. The lowest BCUT2D eigenvalue weighted by molar-refractivity contribution is 0.568. The molecule has 120 valence electrons. The van der Waals surface area contributed by atoms with Crippen LogP contribution in [0.15, 0.2) is 62.6 Å². The summed E-state index contributed by atoms with van der Waals surface area (Å²) >= 11 is 3.09. The fourth-order valence-corrected chi connectivity index (χ4v) is 4.13. The molecule has 0 aliphatic carbocycles. The lowest BCUT2D eigenvalue weighted by Gasteiger charge is -2.07. The van der Waals surface area contributed by atoms with E-state index >= 15 is 0 Å². The lowest BCUT2D eigenvalue weighted by Crippen LogP contribution is -2.19. The number of rotatable bonds is 4. The van der Waals surface area contributed by atoms with Gasteiger partial charge in [-0.1, -0.05) is 23.9 Å².